The molecule has 0 radical (unpaired) electrons. The van der Waals surface area contributed by atoms with Gasteiger partial charge in [-0.25, -0.2) is 0 Å². The fourth-order valence-electron chi connectivity index (χ4n) is 2.32. The van der Waals surface area contributed by atoms with Crippen LogP contribution in [0.15, 0.2) is 18.2 Å². The van der Waals surface area contributed by atoms with Gasteiger partial charge in [0.2, 0.25) is 5.91 Å². The van der Waals surface area contributed by atoms with Crippen LogP contribution in [-0.4, -0.2) is 29.0 Å². The molecule has 0 aromatic heterocycles. The van der Waals surface area contributed by atoms with Crippen LogP contribution in [0.5, 0.6) is 5.75 Å². The Morgan fingerprint density at radius 3 is 2.94 bits per heavy atom. The number of rotatable bonds is 3. The van der Waals surface area contributed by atoms with Crippen LogP contribution in [0.4, 0.5) is 0 Å². The molecule has 0 spiro atoms. The number of benzene rings is 1. The van der Waals surface area contributed by atoms with Gasteiger partial charge < -0.3 is 10.8 Å². The first-order valence-corrected chi connectivity index (χ1v) is 6.29. The summed E-state index contributed by atoms with van der Waals surface area (Å²) in [7, 11) is 0. The molecule has 1 aliphatic heterocycles. The van der Waals surface area contributed by atoms with Crippen molar-refractivity contribution in [3.8, 4) is 5.75 Å². The molecule has 0 aliphatic carbocycles. The molecule has 18 heavy (non-hydrogen) atoms. The summed E-state index contributed by atoms with van der Waals surface area (Å²) >= 11 is 5.86. The number of phenols is 1. The molecule has 2 rings (SSSR count). The van der Waals surface area contributed by atoms with Crippen molar-refractivity contribution in [3.63, 3.8) is 0 Å². The number of primary amides is 1. The maximum atomic E-state index is 11.4. The highest BCUT2D eigenvalue weighted by Gasteiger charge is 2.38. The molecule has 1 atom stereocenters. The highest BCUT2D eigenvalue weighted by Crippen LogP contribution is 2.33. The molecule has 0 bridgehead atoms. The summed E-state index contributed by atoms with van der Waals surface area (Å²) in [5, 5.41) is 10.2. The largest absolute Gasteiger partial charge is 0.506 e. The molecule has 0 saturated carbocycles. The fraction of sp³-hybridized carbons (Fsp3) is 0.462. The lowest BCUT2D eigenvalue weighted by atomic mass is 9.89. The van der Waals surface area contributed by atoms with Gasteiger partial charge in [-0.15, -0.1) is 0 Å². The van der Waals surface area contributed by atoms with Crippen LogP contribution >= 0.6 is 11.6 Å². The molecule has 3 N–H and O–H groups in total. The second-order valence-corrected chi connectivity index (χ2v) is 5.54. The standard InChI is InChI=1S/C13H17ClN2O2/c1-13(12(15)18)5-6-16(8-13)7-9-3-2-4-10(14)11(9)17/h2-4,17H,5-8H2,1H3,(H2,15,18). The van der Waals surface area contributed by atoms with Crippen LogP contribution in [-0.2, 0) is 11.3 Å². The number of hydrogen-bond donors (Lipinski definition) is 2. The van der Waals surface area contributed by atoms with Gasteiger partial charge in [-0.3, -0.25) is 9.69 Å². The van der Waals surface area contributed by atoms with Crippen LogP contribution in [0, 0.1) is 5.41 Å². The van der Waals surface area contributed by atoms with E-state index in [9.17, 15) is 9.90 Å². The van der Waals surface area contributed by atoms with E-state index in [4.69, 9.17) is 17.3 Å². The Hall–Kier alpha value is -1.26. The monoisotopic (exact) mass is 268 g/mol. The lowest BCUT2D eigenvalue weighted by Gasteiger charge is -2.21. The molecule has 1 saturated heterocycles. The van der Waals surface area contributed by atoms with E-state index in [0.29, 0.717) is 18.1 Å². The molecule has 1 aromatic rings. The topological polar surface area (TPSA) is 66.6 Å². The minimum atomic E-state index is -0.464. The van der Waals surface area contributed by atoms with Gasteiger partial charge in [0.05, 0.1) is 10.4 Å². The minimum Gasteiger partial charge on any atom is -0.506 e. The second-order valence-electron chi connectivity index (χ2n) is 5.13. The van der Waals surface area contributed by atoms with E-state index in [1.54, 1.807) is 12.1 Å². The Kier molecular flexibility index (Phi) is 3.50. The van der Waals surface area contributed by atoms with E-state index in [0.717, 1.165) is 18.5 Å². The Labute approximate surface area is 111 Å². The highest BCUT2D eigenvalue weighted by molar-refractivity contribution is 6.32. The Bertz CT molecular complexity index is 478. The first-order chi connectivity index (χ1) is 8.42. The molecule has 5 heteroatoms. The number of nitrogens with two attached hydrogens (primary N) is 1. The summed E-state index contributed by atoms with van der Waals surface area (Å²) in [5.74, 6) is -0.146. The van der Waals surface area contributed by atoms with Crippen molar-refractivity contribution < 1.29 is 9.90 Å². The third-order valence-electron chi connectivity index (χ3n) is 3.61. The van der Waals surface area contributed by atoms with Crippen LogP contribution in [0.25, 0.3) is 0 Å². The molecular weight excluding hydrogens is 252 g/mol. The Balaban J connectivity index is 2.08. The van der Waals surface area contributed by atoms with E-state index < -0.39 is 5.41 Å². The lowest BCUT2D eigenvalue weighted by Crippen LogP contribution is -2.36. The normalized spacial score (nSPS) is 24.3. The maximum Gasteiger partial charge on any atom is 0.224 e. The molecular formula is C13H17ClN2O2. The summed E-state index contributed by atoms with van der Waals surface area (Å²) < 4.78 is 0. The summed E-state index contributed by atoms with van der Waals surface area (Å²) in [6, 6.07) is 5.29. The third-order valence-corrected chi connectivity index (χ3v) is 3.92. The first kappa shape index (κ1) is 13.2. The van der Waals surface area contributed by atoms with Gasteiger partial charge in [0.15, 0.2) is 0 Å². The van der Waals surface area contributed by atoms with Crippen molar-refractivity contribution in [2.24, 2.45) is 11.1 Å². The highest BCUT2D eigenvalue weighted by atomic mass is 35.5. The van der Waals surface area contributed by atoms with Crippen LogP contribution < -0.4 is 5.73 Å². The van der Waals surface area contributed by atoms with E-state index >= 15 is 0 Å². The molecule has 1 aromatic carbocycles. The number of nitrogens with zero attached hydrogens (tertiary/aromatic N) is 1. The van der Waals surface area contributed by atoms with Gasteiger partial charge in [-0.05, 0) is 26.0 Å². The Morgan fingerprint density at radius 2 is 2.33 bits per heavy atom. The number of carbonyl (C=O) groups is 1. The number of likely N-dealkylation sites (tertiary alicyclic amines) is 1. The molecule has 1 heterocycles. The summed E-state index contributed by atoms with van der Waals surface area (Å²) in [6.07, 6.45) is 0.754. The number of hydrogen-bond acceptors (Lipinski definition) is 3. The van der Waals surface area contributed by atoms with Crippen molar-refractivity contribution in [1.29, 1.82) is 0 Å². The van der Waals surface area contributed by atoms with E-state index in [-0.39, 0.29) is 11.7 Å². The summed E-state index contributed by atoms with van der Waals surface area (Å²) in [6.45, 7) is 3.88. The van der Waals surface area contributed by atoms with Gasteiger partial charge in [0, 0.05) is 18.7 Å². The number of halogens is 1. The van der Waals surface area contributed by atoms with Gasteiger partial charge in [0.25, 0.3) is 0 Å². The predicted molar refractivity (Wildman–Crippen MR) is 70.3 cm³/mol. The molecule has 98 valence electrons. The van der Waals surface area contributed by atoms with Crippen LogP contribution in [0.1, 0.15) is 18.9 Å². The number of carbonyl (C=O) groups excluding carboxylic acids is 1. The Morgan fingerprint density at radius 1 is 1.61 bits per heavy atom. The van der Waals surface area contributed by atoms with Crippen molar-refractivity contribution in [2.45, 2.75) is 19.9 Å². The SMILES string of the molecule is CC1(C(N)=O)CCN(Cc2cccc(Cl)c2O)C1. The predicted octanol–water partition coefficient (Wildman–Crippen LogP) is 1.74. The zero-order valence-electron chi connectivity index (χ0n) is 10.3. The van der Waals surface area contributed by atoms with Crippen LogP contribution in [0.2, 0.25) is 5.02 Å². The molecule has 1 unspecified atom stereocenters. The molecule has 1 aliphatic rings. The number of amides is 1. The zero-order chi connectivity index (χ0) is 13.3. The van der Waals surface area contributed by atoms with Crippen molar-refractivity contribution in [1.82, 2.24) is 4.90 Å². The van der Waals surface area contributed by atoms with Gasteiger partial charge in [0.1, 0.15) is 5.75 Å². The second kappa shape index (κ2) is 4.78. The van der Waals surface area contributed by atoms with Gasteiger partial charge >= 0.3 is 0 Å². The van der Waals surface area contributed by atoms with Gasteiger partial charge in [-0.2, -0.15) is 0 Å². The molecule has 4 nitrogen and oxygen atoms in total. The quantitative estimate of drug-likeness (QED) is 0.878. The number of para-hydroxylation sites is 1. The average molecular weight is 269 g/mol. The summed E-state index contributed by atoms with van der Waals surface area (Å²) in [5.41, 5.74) is 5.72. The van der Waals surface area contributed by atoms with E-state index in [1.165, 1.54) is 0 Å². The minimum absolute atomic E-state index is 0.117. The first-order valence-electron chi connectivity index (χ1n) is 5.91. The number of aromatic hydroxyl groups is 1. The zero-order valence-corrected chi connectivity index (χ0v) is 11.1. The third kappa shape index (κ3) is 2.44. The lowest BCUT2D eigenvalue weighted by molar-refractivity contribution is -0.126. The molecule has 1 fully saturated rings. The van der Waals surface area contributed by atoms with E-state index in [2.05, 4.69) is 4.90 Å². The van der Waals surface area contributed by atoms with Crippen molar-refractivity contribution >= 4 is 17.5 Å². The van der Waals surface area contributed by atoms with Crippen molar-refractivity contribution in [3.05, 3.63) is 28.8 Å². The van der Waals surface area contributed by atoms with Crippen LogP contribution in [0.3, 0.4) is 0 Å². The average Bonchev–Trinajstić information content (AvgIpc) is 2.68. The van der Waals surface area contributed by atoms with E-state index in [1.807, 2.05) is 13.0 Å². The fourth-order valence-corrected chi connectivity index (χ4v) is 2.52. The smallest absolute Gasteiger partial charge is 0.224 e. The molecule has 1 amide bonds. The maximum absolute atomic E-state index is 11.4. The number of phenolic OH excluding ortho intramolecular Hbond substituents is 1. The van der Waals surface area contributed by atoms with Gasteiger partial charge in [-0.1, -0.05) is 23.7 Å². The van der Waals surface area contributed by atoms with Crippen molar-refractivity contribution in [2.75, 3.05) is 13.1 Å². The summed E-state index contributed by atoms with van der Waals surface area (Å²) in [4.78, 5) is 13.5.